The number of halogens is 2. The van der Waals surface area contributed by atoms with Crippen LogP contribution in [0.3, 0.4) is 0 Å². The molecule has 11 nitrogen and oxygen atoms in total. The Kier molecular flexibility index (Phi) is 11.7. The number of hydrogen-bond acceptors (Lipinski definition) is 7. The minimum absolute atomic E-state index is 0.129. The molecule has 2 aromatic heterocycles. The van der Waals surface area contributed by atoms with E-state index in [2.05, 4.69) is 16.0 Å². The number of furan rings is 2. The van der Waals surface area contributed by atoms with Crippen molar-refractivity contribution in [2.24, 2.45) is 0 Å². The molecular weight excluding hydrogens is 807 g/mol. The second-order valence-electron chi connectivity index (χ2n) is 15.1. The summed E-state index contributed by atoms with van der Waals surface area (Å²) in [4.78, 5) is 54.5. The van der Waals surface area contributed by atoms with Crippen LogP contribution in [0.1, 0.15) is 47.0 Å². The average Bonchev–Trinajstić information content (AvgIpc) is 3.86. The molecule has 0 aliphatic rings. The maximum Gasteiger partial charge on any atom is 0.335 e. The number of nitrogens with one attached hydrogen (secondary N) is 3. The molecular formula is C50H40F2N4O7. The smallest absolute Gasteiger partial charge is 0.335 e. The van der Waals surface area contributed by atoms with Gasteiger partial charge in [0.2, 0.25) is 0 Å². The summed E-state index contributed by atoms with van der Waals surface area (Å²) in [6, 6.07) is 33.5. The summed E-state index contributed by atoms with van der Waals surface area (Å²) in [7, 11) is 5.32. The van der Waals surface area contributed by atoms with E-state index < -0.39 is 29.4 Å². The van der Waals surface area contributed by atoms with Crippen molar-refractivity contribution in [1.82, 2.24) is 20.9 Å². The molecule has 8 rings (SSSR count). The van der Waals surface area contributed by atoms with Crippen molar-refractivity contribution in [2.75, 3.05) is 34.2 Å². The highest BCUT2D eigenvalue weighted by molar-refractivity contribution is 6.13. The van der Waals surface area contributed by atoms with Gasteiger partial charge in [-0.1, -0.05) is 36.4 Å². The van der Waals surface area contributed by atoms with E-state index in [1.54, 1.807) is 60.7 Å². The van der Waals surface area contributed by atoms with E-state index in [1.807, 2.05) is 31.1 Å². The summed E-state index contributed by atoms with van der Waals surface area (Å²) in [5.74, 6) is -3.07. The molecule has 0 saturated heterocycles. The maximum atomic E-state index is 15.1. The van der Waals surface area contributed by atoms with Gasteiger partial charge in [0.05, 0.1) is 16.7 Å². The number of amides is 3. The van der Waals surface area contributed by atoms with E-state index in [1.165, 1.54) is 61.6 Å². The van der Waals surface area contributed by atoms with E-state index in [-0.39, 0.29) is 40.7 Å². The summed E-state index contributed by atoms with van der Waals surface area (Å²) in [6.07, 6.45) is 0. The van der Waals surface area contributed by atoms with Gasteiger partial charge in [-0.05, 0) is 133 Å². The summed E-state index contributed by atoms with van der Waals surface area (Å²) in [5.41, 5.74) is 5.59. The molecule has 0 unspecified atom stereocenters. The highest BCUT2D eigenvalue weighted by Crippen LogP contribution is 2.39. The Bertz CT molecular complexity index is 3060. The zero-order valence-electron chi connectivity index (χ0n) is 34.3. The monoisotopic (exact) mass is 846 g/mol. The van der Waals surface area contributed by atoms with Crippen LogP contribution in [0, 0.1) is 11.6 Å². The van der Waals surface area contributed by atoms with Gasteiger partial charge in [0.25, 0.3) is 17.7 Å². The Morgan fingerprint density at radius 3 is 1.83 bits per heavy atom. The number of hydrogen-bond donors (Lipinski definition) is 4. The minimum Gasteiger partial charge on any atom is -0.478 e. The fraction of sp³-hybridized carbons (Fsp3) is 0.120. The van der Waals surface area contributed by atoms with Crippen LogP contribution in [-0.2, 0) is 6.54 Å². The number of likely N-dealkylation sites (N-methyl/N-ethyl adjacent to an activating group) is 1. The van der Waals surface area contributed by atoms with Crippen LogP contribution >= 0.6 is 0 Å². The Labute approximate surface area is 359 Å². The summed E-state index contributed by atoms with van der Waals surface area (Å²) in [5, 5.41) is 18.8. The van der Waals surface area contributed by atoms with Gasteiger partial charge in [-0.2, -0.15) is 0 Å². The van der Waals surface area contributed by atoms with Gasteiger partial charge in [0.15, 0.2) is 0 Å². The van der Waals surface area contributed by atoms with Crippen LogP contribution in [0.2, 0.25) is 0 Å². The number of carboxylic acid groups (broad SMARTS) is 1. The van der Waals surface area contributed by atoms with Gasteiger partial charge < -0.3 is 34.8 Å². The fourth-order valence-electron chi connectivity index (χ4n) is 7.46. The number of benzene rings is 6. The normalized spacial score (nSPS) is 11.3. The molecule has 6 aromatic carbocycles. The molecule has 2 heterocycles. The first-order chi connectivity index (χ1) is 30.4. The lowest BCUT2D eigenvalue weighted by Crippen LogP contribution is -2.31. The summed E-state index contributed by atoms with van der Waals surface area (Å²) >= 11 is 0. The number of nitrogens with zero attached hydrogens (tertiary/aromatic N) is 1. The van der Waals surface area contributed by atoms with E-state index in [9.17, 15) is 28.7 Å². The lowest BCUT2D eigenvalue weighted by molar-refractivity contribution is 0.0696. The first-order valence-corrected chi connectivity index (χ1v) is 19.9. The van der Waals surface area contributed by atoms with E-state index in [0.717, 1.165) is 5.56 Å². The SMILES string of the molecule is CNC(=O)c1c(-c2ccc(F)cc2CNC(=O)c2c(-c3ccc(F)cc3)oc3ccc(-c4cccc(C(=O)NCCN(C)C)c4)cc23)oc2ccc(-c3ccc(C(=O)O)cc3)cc12. The molecule has 4 N–H and O–H groups in total. The van der Waals surface area contributed by atoms with E-state index in [4.69, 9.17) is 8.83 Å². The molecule has 0 spiro atoms. The van der Waals surface area contributed by atoms with Crippen LogP contribution < -0.4 is 16.0 Å². The molecule has 63 heavy (non-hydrogen) atoms. The largest absolute Gasteiger partial charge is 0.478 e. The zero-order chi connectivity index (χ0) is 44.4. The van der Waals surface area contributed by atoms with E-state index in [0.29, 0.717) is 74.0 Å². The number of carboxylic acids is 1. The molecule has 0 atom stereocenters. The molecule has 13 heteroatoms. The quantitative estimate of drug-likeness (QED) is 0.0896. The molecule has 0 fully saturated rings. The van der Waals surface area contributed by atoms with Gasteiger partial charge in [0.1, 0.15) is 34.3 Å². The molecule has 3 amide bonds. The number of carbonyl (C=O) groups is 4. The maximum absolute atomic E-state index is 15.1. The highest BCUT2D eigenvalue weighted by Gasteiger charge is 2.27. The standard InChI is InChI=1S/C50H40F2N4O7/c1-53-48(58)44-40-25-32(28-7-9-30(10-8-28)50(60)61)13-19-42(40)63-46(44)38-18-17-37(52)24-35(38)27-55-49(59)43-39-26-33(14-20-41(39)62-45(43)29-11-15-36(51)16-12-29)31-5-4-6-34(23-31)47(57)54-21-22-56(2)3/h4-20,23-26H,21-22,27H2,1-3H3,(H,53,58)(H,54,57)(H,55,59)(H,60,61). The van der Waals surface area contributed by atoms with Crippen molar-refractivity contribution in [3.63, 3.8) is 0 Å². The molecule has 0 radical (unpaired) electrons. The zero-order valence-corrected chi connectivity index (χ0v) is 34.3. The number of fused-ring (bicyclic) bond motifs is 2. The molecule has 0 bridgehead atoms. The lowest BCUT2D eigenvalue weighted by atomic mass is 9.97. The first kappa shape index (κ1) is 41.8. The van der Waals surface area contributed by atoms with Crippen molar-refractivity contribution in [3.8, 4) is 44.9 Å². The van der Waals surface area contributed by atoms with Crippen molar-refractivity contribution in [2.45, 2.75) is 6.54 Å². The van der Waals surface area contributed by atoms with Crippen molar-refractivity contribution < 1.29 is 41.9 Å². The Morgan fingerprint density at radius 2 is 1.17 bits per heavy atom. The second-order valence-corrected chi connectivity index (χ2v) is 15.1. The number of rotatable bonds is 13. The number of carbonyl (C=O) groups excluding carboxylic acids is 3. The average molecular weight is 847 g/mol. The summed E-state index contributed by atoms with van der Waals surface area (Å²) in [6.45, 7) is 0.941. The summed E-state index contributed by atoms with van der Waals surface area (Å²) < 4.78 is 41.8. The second kappa shape index (κ2) is 17.6. The Morgan fingerprint density at radius 1 is 0.587 bits per heavy atom. The van der Waals surface area contributed by atoms with Crippen LogP contribution in [0.4, 0.5) is 8.78 Å². The molecule has 0 aliphatic carbocycles. The van der Waals surface area contributed by atoms with Crippen molar-refractivity contribution in [3.05, 3.63) is 167 Å². The van der Waals surface area contributed by atoms with Crippen LogP contribution in [-0.4, -0.2) is 67.9 Å². The fourth-order valence-corrected chi connectivity index (χ4v) is 7.46. The van der Waals surface area contributed by atoms with Gasteiger partial charge in [-0.3, -0.25) is 14.4 Å². The molecule has 0 saturated carbocycles. The highest BCUT2D eigenvalue weighted by atomic mass is 19.1. The Hall–Kier alpha value is -7.90. The third-order valence-corrected chi connectivity index (χ3v) is 10.7. The van der Waals surface area contributed by atoms with Crippen LogP contribution in [0.5, 0.6) is 0 Å². The van der Waals surface area contributed by atoms with Gasteiger partial charge in [-0.25, -0.2) is 13.6 Å². The van der Waals surface area contributed by atoms with Crippen molar-refractivity contribution in [1.29, 1.82) is 0 Å². The predicted molar refractivity (Wildman–Crippen MR) is 236 cm³/mol. The number of aromatic carboxylic acids is 1. The predicted octanol–water partition coefficient (Wildman–Crippen LogP) is 9.40. The first-order valence-electron chi connectivity index (χ1n) is 19.9. The van der Waals surface area contributed by atoms with Crippen LogP contribution in [0.25, 0.3) is 66.8 Å². The topological polar surface area (TPSA) is 154 Å². The molecule has 316 valence electrons. The van der Waals surface area contributed by atoms with Gasteiger partial charge in [0, 0.05) is 54.1 Å². The molecule has 8 aromatic rings. The van der Waals surface area contributed by atoms with E-state index >= 15 is 4.39 Å². The van der Waals surface area contributed by atoms with Gasteiger partial charge in [-0.15, -0.1) is 0 Å². The minimum atomic E-state index is -1.05. The molecule has 0 aliphatic heterocycles. The Balaban J connectivity index is 1.16. The van der Waals surface area contributed by atoms with Crippen LogP contribution in [0.15, 0.2) is 136 Å². The third-order valence-electron chi connectivity index (χ3n) is 10.7. The van der Waals surface area contributed by atoms with Gasteiger partial charge >= 0.3 is 5.97 Å². The third kappa shape index (κ3) is 8.68. The lowest BCUT2D eigenvalue weighted by Gasteiger charge is -2.12. The van der Waals surface area contributed by atoms with Crippen molar-refractivity contribution >= 4 is 45.6 Å².